The van der Waals surface area contributed by atoms with Crippen molar-refractivity contribution in [2.24, 2.45) is 22.1 Å². The van der Waals surface area contributed by atoms with Gasteiger partial charge >= 0.3 is 5.97 Å². The van der Waals surface area contributed by atoms with Crippen LogP contribution in [0.15, 0.2) is 47.1 Å². The van der Waals surface area contributed by atoms with Gasteiger partial charge in [0.25, 0.3) is 0 Å². The van der Waals surface area contributed by atoms with E-state index in [-0.39, 0.29) is 24.4 Å². The first-order chi connectivity index (χ1) is 15.3. The van der Waals surface area contributed by atoms with E-state index in [9.17, 15) is 9.59 Å². The van der Waals surface area contributed by atoms with Crippen molar-refractivity contribution < 1.29 is 19.1 Å². The van der Waals surface area contributed by atoms with Gasteiger partial charge in [-0.25, -0.2) is 9.78 Å². The van der Waals surface area contributed by atoms with E-state index in [1.807, 2.05) is 22.7 Å². The van der Waals surface area contributed by atoms with Crippen molar-refractivity contribution in [1.82, 2.24) is 9.38 Å². The maximum absolute atomic E-state index is 13.4. The molecule has 2 aromatic heterocycles. The summed E-state index contributed by atoms with van der Waals surface area (Å²) in [5, 5.41) is 0. The number of aliphatic imine (C=N–C) groups is 1. The normalized spacial score (nSPS) is 22.6. The number of aromatic nitrogens is 2. The molecule has 8 heteroatoms. The minimum atomic E-state index is -0.498. The minimum absolute atomic E-state index is 0.0967. The molecule has 1 saturated carbocycles. The van der Waals surface area contributed by atoms with Crippen LogP contribution in [0, 0.1) is 11.3 Å². The lowest BCUT2D eigenvalue weighted by Gasteiger charge is -2.41. The lowest BCUT2D eigenvalue weighted by Crippen LogP contribution is -2.44. The molecule has 4 rings (SSSR count). The van der Waals surface area contributed by atoms with Crippen molar-refractivity contribution in [2.75, 3.05) is 26.4 Å². The molecule has 1 aliphatic carbocycles. The molecule has 2 unspecified atom stereocenters. The van der Waals surface area contributed by atoms with Gasteiger partial charge in [-0.05, 0) is 30.4 Å². The Morgan fingerprint density at radius 3 is 2.84 bits per heavy atom. The number of carbonyl (C=O) groups excluding carboxylic acids is 2. The monoisotopic (exact) mass is 438 g/mol. The molecule has 0 aromatic carbocycles. The van der Waals surface area contributed by atoms with Gasteiger partial charge in [0.05, 0.1) is 55.0 Å². The van der Waals surface area contributed by atoms with Crippen molar-refractivity contribution in [2.45, 2.75) is 39.5 Å². The van der Waals surface area contributed by atoms with Crippen LogP contribution in [-0.2, 0) is 19.1 Å². The third-order valence-corrected chi connectivity index (χ3v) is 6.04. The number of ketones is 1. The highest BCUT2D eigenvalue weighted by Gasteiger charge is 2.48. The standard InChI is InChI=1S/C24H30N4O4/c1-4-32-23(30)22-18(13-31-8-7-25)27-17-9-24(2,3)10-19(29)21(17)20(22)15-5-6-16-11-26-14-28(16)12-15/h5-6,11-12,14,20-21H,4,7-10,13,25H2,1-3H3. The summed E-state index contributed by atoms with van der Waals surface area (Å²) in [6, 6.07) is 3.90. The molecule has 2 aromatic rings. The van der Waals surface area contributed by atoms with Crippen LogP contribution in [0.4, 0.5) is 0 Å². The van der Waals surface area contributed by atoms with Crippen LogP contribution in [-0.4, -0.2) is 53.2 Å². The average Bonchev–Trinajstić information content (AvgIpc) is 3.20. The number of esters is 1. The number of ether oxygens (including phenoxy) is 2. The number of rotatable bonds is 7. The van der Waals surface area contributed by atoms with Gasteiger partial charge in [-0.15, -0.1) is 0 Å². The summed E-state index contributed by atoms with van der Waals surface area (Å²) in [6.45, 7) is 7.00. The largest absolute Gasteiger partial charge is 0.463 e. The topological polar surface area (TPSA) is 108 Å². The number of fused-ring (bicyclic) bond motifs is 2. The molecule has 3 heterocycles. The molecule has 2 atom stereocenters. The van der Waals surface area contributed by atoms with E-state index >= 15 is 0 Å². The summed E-state index contributed by atoms with van der Waals surface area (Å²) in [7, 11) is 0. The average molecular weight is 439 g/mol. The zero-order valence-corrected chi connectivity index (χ0v) is 18.8. The van der Waals surface area contributed by atoms with E-state index < -0.39 is 17.8 Å². The Morgan fingerprint density at radius 2 is 2.09 bits per heavy atom. The molecule has 0 bridgehead atoms. The van der Waals surface area contributed by atoms with Crippen molar-refractivity contribution in [3.8, 4) is 0 Å². The van der Waals surface area contributed by atoms with Crippen LogP contribution in [0.1, 0.15) is 45.1 Å². The second-order valence-electron chi connectivity index (χ2n) is 9.15. The van der Waals surface area contributed by atoms with Crippen molar-refractivity contribution in [3.63, 3.8) is 0 Å². The molecular formula is C24H30N4O4. The lowest BCUT2D eigenvalue weighted by atomic mass is 9.63. The molecule has 0 saturated heterocycles. The SMILES string of the molecule is CCOC(=O)C1=C(COCCN)N=C2CC(C)(C)CC(=O)C2C1c1ccc2cncn2c1. The van der Waals surface area contributed by atoms with Crippen LogP contribution in [0.2, 0.25) is 0 Å². The zero-order chi connectivity index (χ0) is 22.9. The predicted molar refractivity (Wildman–Crippen MR) is 120 cm³/mol. The van der Waals surface area contributed by atoms with Gasteiger partial charge in [-0.3, -0.25) is 9.79 Å². The summed E-state index contributed by atoms with van der Waals surface area (Å²) >= 11 is 0. The van der Waals surface area contributed by atoms with Crippen LogP contribution in [0.3, 0.4) is 0 Å². The number of carbonyl (C=O) groups is 2. The highest BCUT2D eigenvalue weighted by atomic mass is 16.5. The quantitative estimate of drug-likeness (QED) is 0.526. The second kappa shape index (κ2) is 8.96. The van der Waals surface area contributed by atoms with Gasteiger partial charge in [0, 0.05) is 30.8 Å². The van der Waals surface area contributed by atoms with Crippen LogP contribution >= 0.6 is 0 Å². The molecule has 170 valence electrons. The minimum Gasteiger partial charge on any atom is -0.463 e. The number of Topliss-reactive ketones (excluding diaryl/α,β-unsaturated/α-hetero) is 1. The highest BCUT2D eigenvalue weighted by Crippen LogP contribution is 2.47. The molecule has 0 spiro atoms. The summed E-state index contributed by atoms with van der Waals surface area (Å²) in [5.74, 6) is -1.36. The fourth-order valence-electron chi connectivity index (χ4n) is 4.79. The van der Waals surface area contributed by atoms with E-state index in [4.69, 9.17) is 20.2 Å². The summed E-state index contributed by atoms with van der Waals surface area (Å²) in [5.41, 5.74) is 8.90. The van der Waals surface area contributed by atoms with E-state index in [1.165, 1.54) is 0 Å². The number of nitrogens with two attached hydrogens (primary N) is 1. The molecule has 0 amide bonds. The van der Waals surface area contributed by atoms with Gasteiger partial charge in [-0.2, -0.15) is 0 Å². The number of imidazole rings is 1. The van der Waals surface area contributed by atoms with Crippen LogP contribution < -0.4 is 5.73 Å². The Hall–Kier alpha value is -2.84. The molecular weight excluding hydrogens is 408 g/mol. The van der Waals surface area contributed by atoms with Crippen LogP contribution in [0.25, 0.3) is 5.52 Å². The first kappa shape index (κ1) is 22.4. The van der Waals surface area contributed by atoms with Crippen LogP contribution in [0.5, 0.6) is 0 Å². The Morgan fingerprint density at radius 1 is 1.28 bits per heavy atom. The van der Waals surface area contributed by atoms with Crippen molar-refractivity contribution in [3.05, 3.63) is 47.7 Å². The van der Waals surface area contributed by atoms with Gasteiger partial charge in [0.15, 0.2) is 0 Å². The Bertz CT molecular complexity index is 1100. The van der Waals surface area contributed by atoms with Crippen molar-refractivity contribution >= 4 is 23.0 Å². The van der Waals surface area contributed by atoms with Gasteiger partial charge in [-0.1, -0.05) is 19.9 Å². The molecule has 2 aliphatic rings. The fraction of sp³-hybridized carbons (Fsp3) is 0.500. The highest BCUT2D eigenvalue weighted by molar-refractivity contribution is 6.12. The first-order valence-electron chi connectivity index (χ1n) is 11.0. The van der Waals surface area contributed by atoms with E-state index in [2.05, 4.69) is 18.8 Å². The van der Waals surface area contributed by atoms with E-state index in [0.717, 1.165) is 16.8 Å². The maximum atomic E-state index is 13.4. The third kappa shape index (κ3) is 4.25. The van der Waals surface area contributed by atoms with Crippen molar-refractivity contribution in [1.29, 1.82) is 0 Å². The van der Waals surface area contributed by atoms with Gasteiger partial charge in [0.2, 0.25) is 0 Å². The first-order valence-corrected chi connectivity index (χ1v) is 11.0. The van der Waals surface area contributed by atoms with E-state index in [0.29, 0.717) is 37.3 Å². The predicted octanol–water partition coefficient (Wildman–Crippen LogP) is 2.67. The number of hydrogen-bond donors (Lipinski definition) is 1. The maximum Gasteiger partial charge on any atom is 0.336 e. The summed E-state index contributed by atoms with van der Waals surface area (Å²) < 4.78 is 13.0. The molecule has 8 nitrogen and oxygen atoms in total. The zero-order valence-electron chi connectivity index (χ0n) is 18.8. The molecule has 2 N–H and O–H groups in total. The molecule has 1 aliphatic heterocycles. The number of pyridine rings is 1. The Labute approximate surface area is 187 Å². The van der Waals surface area contributed by atoms with Gasteiger partial charge in [0.1, 0.15) is 5.78 Å². The summed E-state index contributed by atoms with van der Waals surface area (Å²) in [6.07, 6.45) is 6.53. The van der Waals surface area contributed by atoms with Gasteiger partial charge < -0.3 is 19.6 Å². The molecule has 1 fully saturated rings. The number of nitrogens with zero attached hydrogens (tertiary/aromatic N) is 3. The molecule has 32 heavy (non-hydrogen) atoms. The lowest BCUT2D eigenvalue weighted by molar-refractivity contribution is -0.139. The third-order valence-electron chi connectivity index (χ3n) is 6.04. The number of hydrogen-bond acceptors (Lipinski definition) is 7. The Kier molecular flexibility index (Phi) is 6.26. The summed E-state index contributed by atoms with van der Waals surface area (Å²) in [4.78, 5) is 35.6. The fourth-order valence-corrected chi connectivity index (χ4v) is 4.79. The smallest absolute Gasteiger partial charge is 0.336 e. The molecule has 0 radical (unpaired) electrons. The Balaban J connectivity index is 1.89. The second-order valence-corrected chi connectivity index (χ2v) is 9.15. The van der Waals surface area contributed by atoms with E-state index in [1.54, 1.807) is 19.4 Å².